The van der Waals surface area contributed by atoms with E-state index in [-0.39, 0.29) is 17.9 Å². The number of benzene rings is 1. The van der Waals surface area contributed by atoms with E-state index in [9.17, 15) is 9.59 Å². The number of carbonyl (C=O) groups is 2. The van der Waals surface area contributed by atoms with E-state index in [1.54, 1.807) is 7.11 Å². The van der Waals surface area contributed by atoms with Gasteiger partial charge in [-0.15, -0.1) is 0 Å². The number of ether oxygens (including phenoxy) is 2. The minimum atomic E-state index is -0.0617. The van der Waals surface area contributed by atoms with Crippen LogP contribution < -0.4 is 20.5 Å². The molecule has 1 atom stereocenters. The van der Waals surface area contributed by atoms with Crippen molar-refractivity contribution in [1.29, 1.82) is 0 Å². The van der Waals surface area contributed by atoms with Gasteiger partial charge in [0.05, 0.1) is 20.1 Å². The summed E-state index contributed by atoms with van der Waals surface area (Å²) < 4.78 is 10.8. The number of hydrogen-bond acceptors (Lipinski definition) is 5. The van der Waals surface area contributed by atoms with E-state index in [1.807, 2.05) is 29.2 Å². The summed E-state index contributed by atoms with van der Waals surface area (Å²) in [5.41, 5.74) is 5.39. The molecule has 7 heteroatoms. The second kappa shape index (κ2) is 10.7. The van der Waals surface area contributed by atoms with Gasteiger partial charge in [0.1, 0.15) is 11.5 Å². The third kappa shape index (κ3) is 6.22. The maximum absolute atomic E-state index is 12.6. The molecule has 1 unspecified atom stereocenters. The topological polar surface area (TPSA) is 93.9 Å². The lowest BCUT2D eigenvalue weighted by molar-refractivity contribution is -0.136. The molecule has 0 saturated carbocycles. The van der Waals surface area contributed by atoms with E-state index in [0.717, 1.165) is 31.6 Å². The van der Waals surface area contributed by atoms with Crippen LogP contribution in [0.5, 0.6) is 11.5 Å². The van der Waals surface area contributed by atoms with E-state index in [4.69, 9.17) is 15.2 Å². The van der Waals surface area contributed by atoms with Crippen LogP contribution in [0.3, 0.4) is 0 Å². The summed E-state index contributed by atoms with van der Waals surface area (Å²) in [6.45, 7) is 1.89. The Hall–Kier alpha value is -2.28. The van der Waals surface area contributed by atoms with Crippen molar-refractivity contribution in [3.63, 3.8) is 0 Å². The van der Waals surface area contributed by atoms with Gasteiger partial charge in [-0.3, -0.25) is 9.59 Å². The summed E-state index contributed by atoms with van der Waals surface area (Å²) in [6, 6.07) is 7.34. The van der Waals surface area contributed by atoms with Gasteiger partial charge in [-0.05, 0) is 43.5 Å². The smallest absolute Gasteiger partial charge is 0.226 e. The Morgan fingerprint density at radius 3 is 2.62 bits per heavy atom. The number of hydrogen-bond donors (Lipinski definition) is 2. The first-order valence-electron chi connectivity index (χ1n) is 9.17. The summed E-state index contributed by atoms with van der Waals surface area (Å²) in [7, 11) is 1.61. The Balaban J connectivity index is 1.78. The number of nitrogens with two attached hydrogens (primary N) is 1. The van der Waals surface area contributed by atoms with E-state index < -0.39 is 0 Å². The van der Waals surface area contributed by atoms with Crippen LogP contribution in [-0.2, 0) is 9.59 Å². The van der Waals surface area contributed by atoms with Crippen LogP contribution in [0.1, 0.15) is 32.1 Å². The number of piperidine rings is 1. The molecule has 0 aliphatic carbocycles. The first-order valence-corrected chi connectivity index (χ1v) is 9.17. The number of rotatable bonds is 9. The fourth-order valence-corrected chi connectivity index (χ4v) is 3.06. The Morgan fingerprint density at radius 1 is 1.19 bits per heavy atom. The van der Waals surface area contributed by atoms with Gasteiger partial charge in [-0.25, -0.2) is 0 Å². The molecule has 7 nitrogen and oxygen atoms in total. The molecular weight excluding hydrogens is 334 g/mol. The van der Waals surface area contributed by atoms with E-state index in [2.05, 4.69) is 5.32 Å². The van der Waals surface area contributed by atoms with Crippen LogP contribution in [-0.4, -0.2) is 56.1 Å². The molecular formula is C19H29N3O4. The Labute approximate surface area is 154 Å². The Morgan fingerprint density at radius 2 is 1.92 bits per heavy atom. The van der Waals surface area contributed by atoms with Crippen LogP contribution in [0.25, 0.3) is 0 Å². The molecule has 2 rings (SSSR count). The van der Waals surface area contributed by atoms with Gasteiger partial charge < -0.3 is 25.4 Å². The van der Waals surface area contributed by atoms with Gasteiger partial charge in [-0.1, -0.05) is 0 Å². The lowest BCUT2D eigenvalue weighted by Gasteiger charge is -2.36. The number of nitrogens with one attached hydrogen (secondary N) is 1. The maximum atomic E-state index is 12.6. The molecule has 2 amide bonds. The van der Waals surface area contributed by atoms with Crippen LogP contribution in [0.2, 0.25) is 0 Å². The molecule has 1 aliphatic heterocycles. The van der Waals surface area contributed by atoms with Crippen molar-refractivity contribution < 1.29 is 19.1 Å². The van der Waals surface area contributed by atoms with Crippen molar-refractivity contribution in [3.05, 3.63) is 24.3 Å². The Kier molecular flexibility index (Phi) is 8.21. The summed E-state index contributed by atoms with van der Waals surface area (Å²) in [4.78, 5) is 26.1. The lowest BCUT2D eigenvalue weighted by Crippen LogP contribution is -2.49. The highest BCUT2D eigenvalue weighted by Gasteiger charge is 2.26. The van der Waals surface area contributed by atoms with E-state index >= 15 is 0 Å². The first-order chi connectivity index (χ1) is 12.6. The van der Waals surface area contributed by atoms with Gasteiger partial charge in [-0.2, -0.15) is 0 Å². The van der Waals surface area contributed by atoms with Gasteiger partial charge in [0.15, 0.2) is 0 Å². The fraction of sp³-hybridized carbons (Fsp3) is 0.579. The highest BCUT2D eigenvalue weighted by atomic mass is 16.5. The summed E-state index contributed by atoms with van der Waals surface area (Å²) in [5.74, 6) is 1.48. The molecule has 1 heterocycles. The molecule has 1 aromatic rings. The van der Waals surface area contributed by atoms with Gasteiger partial charge >= 0.3 is 0 Å². The predicted molar refractivity (Wildman–Crippen MR) is 99.1 cm³/mol. The molecule has 0 radical (unpaired) electrons. The molecule has 1 fully saturated rings. The van der Waals surface area contributed by atoms with Crippen LogP contribution in [0.15, 0.2) is 24.3 Å². The third-order valence-corrected chi connectivity index (χ3v) is 4.50. The molecule has 1 saturated heterocycles. The number of likely N-dealkylation sites (tertiary alicyclic amines) is 1. The molecule has 1 aromatic carbocycles. The molecule has 144 valence electrons. The average molecular weight is 363 g/mol. The second-order valence-corrected chi connectivity index (χ2v) is 6.35. The molecule has 0 bridgehead atoms. The molecule has 3 N–H and O–H groups in total. The summed E-state index contributed by atoms with van der Waals surface area (Å²) >= 11 is 0. The van der Waals surface area contributed by atoms with Gasteiger partial charge in [0, 0.05) is 32.1 Å². The van der Waals surface area contributed by atoms with Crippen molar-refractivity contribution in [2.24, 2.45) is 5.73 Å². The number of methoxy groups -OCH3 is 1. The molecule has 0 spiro atoms. The standard InChI is InChI=1S/C19H29N3O4/c1-25-16-5-7-17(8-6-16)26-13-10-19(24)22-12-3-2-4-15(22)14-21-18(23)9-11-20/h5-8,15H,2-4,9-14,20H2,1H3,(H,21,23). The quantitative estimate of drug-likeness (QED) is 0.690. The molecule has 1 aliphatic rings. The third-order valence-electron chi connectivity index (χ3n) is 4.50. The van der Waals surface area contributed by atoms with Crippen molar-refractivity contribution >= 4 is 11.8 Å². The van der Waals surface area contributed by atoms with Crippen molar-refractivity contribution in [3.8, 4) is 11.5 Å². The first kappa shape index (κ1) is 20.0. The fourth-order valence-electron chi connectivity index (χ4n) is 3.06. The number of carbonyl (C=O) groups excluding carboxylic acids is 2. The molecule has 0 aromatic heterocycles. The largest absolute Gasteiger partial charge is 0.497 e. The summed E-state index contributed by atoms with van der Waals surface area (Å²) in [6.07, 6.45) is 3.62. The highest BCUT2D eigenvalue weighted by molar-refractivity contribution is 5.78. The zero-order valence-corrected chi connectivity index (χ0v) is 15.4. The van der Waals surface area contributed by atoms with Crippen LogP contribution in [0.4, 0.5) is 0 Å². The van der Waals surface area contributed by atoms with E-state index in [1.165, 1.54) is 0 Å². The molecule has 26 heavy (non-hydrogen) atoms. The van der Waals surface area contributed by atoms with Crippen LogP contribution in [0, 0.1) is 0 Å². The minimum Gasteiger partial charge on any atom is -0.497 e. The number of amides is 2. The van der Waals surface area contributed by atoms with Crippen molar-refractivity contribution in [2.75, 3.05) is 33.4 Å². The van der Waals surface area contributed by atoms with Crippen molar-refractivity contribution in [1.82, 2.24) is 10.2 Å². The zero-order chi connectivity index (χ0) is 18.8. The van der Waals surface area contributed by atoms with Gasteiger partial charge in [0.2, 0.25) is 11.8 Å². The SMILES string of the molecule is COc1ccc(OCCC(=O)N2CCCCC2CNC(=O)CCN)cc1. The maximum Gasteiger partial charge on any atom is 0.226 e. The zero-order valence-electron chi connectivity index (χ0n) is 15.4. The minimum absolute atomic E-state index is 0.0546. The number of nitrogens with zero attached hydrogens (tertiary/aromatic N) is 1. The Bertz CT molecular complexity index is 577. The second-order valence-electron chi connectivity index (χ2n) is 6.35. The average Bonchev–Trinajstić information content (AvgIpc) is 2.67. The normalized spacial score (nSPS) is 16.8. The van der Waals surface area contributed by atoms with Crippen molar-refractivity contribution in [2.45, 2.75) is 38.1 Å². The highest BCUT2D eigenvalue weighted by Crippen LogP contribution is 2.19. The van der Waals surface area contributed by atoms with E-state index in [0.29, 0.717) is 38.3 Å². The summed E-state index contributed by atoms with van der Waals surface area (Å²) in [5, 5.41) is 2.87. The van der Waals surface area contributed by atoms with Crippen LogP contribution >= 0.6 is 0 Å². The van der Waals surface area contributed by atoms with Gasteiger partial charge in [0.25, 0.3) is 0 Å². The lowest BCUT2D eigenvalue weighted by atomic mass is 10.0. The monoisotopic (exact) mass is 363 g/mol. The predicted octanol–water partition coefficient (Wildman–Crippen LogP) is 1.31.